The van der Waals surface area contributed by atoms with Crippen LogP contribution in [0.25, 0.3) is 26.7 Å². The van der Waals surface area contributed by atoms with E-state index in [1.807, 2.05) is 41.9 Å². The minimum absolute atomic E-state index is 0.0379. The number of para-hydroxylation sites is 1. The normalized spacial score (nSPS) is 26.4. The van der Waals surface area contributed by atoms with Crippen LogP contribution in [0.2, 0.25) is 0 Å². The molecule has 4 aromatic rings. The molecule has 3 heterocycles. The maximum atomic E-state index is 10.8. The lowest BCUT2D eigenvalue weighted by Crippen LogP contribution is -2.47. The molecule has 1 unspecified atom stereocenters. The Labute approximate surface area is 195 Å². The van der Waals surface area contributed by atoms with Gasteiger partial charge in [-0.3, -0.25) is 0 Å². The molecule has 0 fully saturated rings. The van der Waals surface area contributed by atoms with Crippen LogP contribution in [-0.2, 0) is 11.8 Å². The lowest BCUT2D eigenvalue weighted by atomic mass is 9.57. The smallest absolute Gasteiger partial charge is 0.211 e. The molecular formula is C25H22N6OS. The van der Waals surface area contributed by atoms with E-state index in [1.165, 1.54) is 0 Å². The third kappa shape index (κ3) is 2.89. The molecule has 0 amide bonds. The zero-order valence-electron chi connectivity index (χ0n) is 18.3. The monoisotopic (exact) mass is 454 g/mol. The van der Waals surface area contributed by atoms with Crippen LogP contribution in [0.15, 0.2) is 54.5 Å². The standard InChI is InChI=1S/C25H22N6OS/c1-14-17-8-7-16-21(19-9-10-27-13-28-19)30-31(24-29-18-5-3-4-6-20(18)33-24)23(16)25(17,2)11-15(12-26)22(14)32/h3-6,9-11,13-14,17,22,32H,7-8H2,1-2H3/t14-,17-,22?,25-/m1/s1. The third-order valence-corrected chi connectivity index (χ3v) is 8.31. The Morgan fingerprint density at radius 2 is 2.12 bits per heavy atom. The molecule has 0 saturated carbocycles. The number of nitriles is 1. The number of nitrogens with zero attached hydrogens (tertiary/aromatic N) is 6. The van der Waals surface area contributed by atoms with Gasteiger partial charge in [0.15, 0.2) is 0 Å². The van der Waals surface area contributed by atoms with E-state index >= 15 is 0 Å². The molecule has 3 aromatic heterocycles. The Hall–Kier alpha value is -3.41. The maximum absolute atomic E-state index is 10.8. The van der Waals surface area contributed by atoms with E-state index in [9.17, 15) is 10.4 Å². The number of allylic oxidation sites excluding steroid dienone is 1. The summed E-state index contributed by atoms with van der Waals surface area (Å²) in [6.07, 6.45) is 6.22. The summed E-state index contributed by atoms with van der Waals surface area (Å²) in [5.41, 5.74) is 4.67. The first-order valence-corrected chi connectivity index (χ1v) is 11.9. The third-order valence-electron chi connectivity index (χ3n) is 7.29. The minimum Gasteiger partial charge on any atom is -0.387 e. The molecule has 1 N–H and O–H groups in total. The van der Waals surface area contributed by atoms with E-state index in [1.54, 1.807) is 23.9 Å². The number of aliphatic hydroxyl groups excluding tert-OH is 1. The molecule has 0 spiro atoms. The van der Waals surface area contributed by atoms with E-state index in [0.29, 0.717) is 5.57 Å². The number of aromatic nitrogens is 5. The molecular weight excluding hydrogens is 432 g/mol. The average Bonchev–Trinajstić information content (AvgIpc) is 3.44. The van der Waals surface area contributed by atoms with Gasteiger partial charge in [-0.15, -0.1) is 0 Å². The lowest BCUT2D eigenvalue weighted by molar-refractivity contribution is 0.0664. The largest absolute Gasteiger partial charge is 0.387 e. The van der Waals surface area contributed by atoms with Gasteiger partial charge < -0.3 is 5.11 Å². The van der Waals surface area contributed by atoms with Crippen molar-refractivity contribution in [2.45, 2.75) is 38.2 Å². The summed E-state index contributed by atoms with van der Waals surface area (Å²) < 4.78 is 3.05. The highest BCUT2D eigenvalue weighted by Gasteiger charge is 2.51. The van der Waals surface area contributed by atoms with Crippen LogP contribution in [-0.4, -0.2) is 35.9 Å². The van der Waals surface area contributed by atoms with Crippen molar-refractivity contribution in [2.75, 3.05) is 0 Å². The number of hydrogen-bond acceptors (Lipinski definition) is 7. The summed E-state index contributed by atoms with van der Waals surface area (Å²) in [4.78, 5) is 13.4. The predicted octanol–water partition coefficient (Wildman–Crippen LogP) is 4.22. The molecule has 33 heavy (non-hydrogen) atoms. The molecule has 2 aliphatic carbocycles. The number of fused-ring (bicyclic) bond motifs is 4. The maximum Gasteiger partial charge on any atom is 0.211 e. The molecule has 0 bridgehead atoms. The van der Waals surface area contributed by atoms with Crippen molar-refractivity contribution >= 4 is 21.6 Å². The fraction of sp³-hybridized carbons (Fsp3) is 0.320. The molecule has 4 atom stereocenters. The van der Waals surface area contributed by atoms with Gasteiger partial charge in [-0.25, -0.2) is 19.6 Å². The summed E-state index contributed by atoms with van der Waals surface area (Å²) in [5.74, 6) is 0.143. The van der Waals surface area contributed by atoms with Gasteiger partial charge in [0.2, 0.25) is 5.13 Å². The fourth-order valence-corrected chi connectivity index (χ4v) is 6.66. The van der Waals surface area contributed by atoms with Gasteiger partial charge in [0.25, 0.3) is 0 Å². The van der Waals surface area contributed by atoms with Crippen LogP contribution in [0.1, 0.15) is 31.5 Å². The van der Waals surface area contributed by atoms with Crippen molar-refractivity contribution in [3.8, 4) is 22.6 Å². The first-order valence-electron chi connectivity index (χ1n) is 11.1. The van der Waals surface area contributed by atoms with Crippen LogP contribution in [0, 0.1) is 23.2 Å². The fourth-order valence-electron chi connectivity index (χ4n) is 5.74. The summed E-state index contributed by atoms with van der Waals surface area (Å²) in [5, 5.41) is 26.4. The topological polar surface area (TPSA) is 101 Å². The zero-order valence-corrected chi connectivity index (χ0v) is 19.1. The number of hydrogen-bond donors (Lipinski definition) is 1. The summed E-state index contributed by atoms with van der Waals surface area (Å²) in [7, 11) is 0. The lowest BCUT2D eigenvalue weighted by Gasteiger charge is -2.47. The van der Waals surface area contributed by atoms with Crippen LogP contribution in [0.4, 0.5) is 0 Å². The first kappa shape index (κ1) is 20.2. The number of rotatable bonds is 2. The van der Waals surface area contributed by atoms with Gasteiger partial charge in [0, 0.05) is 17.2 Å². The second-order valence-corrected chi connectivity index (χ2v) is 10.1. The first-order chi connectivity index (χ1) is 16.0. The predicted molar refractivity (Wildman–Crippen MR) is 126 cm³/mol. The Kier molecular flexibility index (Phi) is 4.47. The molecule has 0 radical (unpaired) electrons. The molecule has 1 aromatic carbocycles. The second-order valence-electron chi connectivity index (χ2n) is 9.09. The van der Waals surface area contributed by atoms with Gasteiger partial charge in [-0.05, 0) is 42.9 Å². The van der Waals surface area contributed by atoms with E-state index in [4.69, 9.17) is 10.1 Å². The van der Waals surface area contributed by atoms with Crippen LogP contribution < -0.4 is 0 Å². The summed E-state index contributed by atoms with van der Waals surface area (Å²) >= 11 is 1.60. The highest BCUT2D eigenvalue weighted by molar-refractivity contribution is 7.20. The van der Waals surface area contributed by atoms with Crippen LogP contribution in [0.3, 0.4) is 0 Å². The van der Waals surface area contributed by atoms with Gasteiger partial charge in [-0.2, -0.15) is 10.4 Å². The van der Waals surface area contributed by atoms with E-state index < -0.39 is 11.5 Å². The van der Waals surface area contributed by atoms with Gasteiger partial charge in [0.05, 0.1) is 39.4 Å². The Balaban J connectivity index is 1.66. The molecule has 7 nitrogen and oxygen atoms in total. The highest BCUT2D eigenvalue weighted by Crippen LogP contribution is 2.53. The molecule has 164 valence electrons. The summed E-state index contributed by atoms with van der Waals surface area (Å²) in [6.45, 7) is 4.22. The molecule has 6 rings (SSSR count). The number of aliphatic hydroxyl groups is 1. The van der Waals surface area contributed by atoms with E-state index in [0.717, 1.165) is 50.8 Å². The Morgan fingerprint density at radius 3 is 2.88 bits per heavy atom. The van der Waals surface area contributed by atoms with Crippen molar-refractivity contribution < 1.29 is 5.11 Å². The van der Waals surface area contributed by atoms with Crippen molar-refractivity contribution in [3.63, 3.8) is 0 Å². The van der Waals surface area contributed by atoms with Gasteiger partial charge in [-0.1, -0.05) is 43.4 Å². The second kappa shape index (κ2) is 7.30. The molecule has 2 aliphatic rings. The molecule has 0 aliphatic heterocycles. The van der Waals surface area contributed by atoms with Crippen molar-refractivity contribution in [1.82, 2.24) is 24.7 Å². The number of thiazole rings is 1. The highest BCUT2D eigenvalue weighted by atomic mass is 32.1. The van der Waals surface area contributed by atoms with Crippen molar-refractivity contribution in [1.29, 1.82) is 5.26 Å². The Bertz CT molecular complexity index is 1420. The van der Waals surface area contributed by atoms with Gasteiger partial charge in [0.1, 0.15) is 12.0 Å². The van der Waals surface area contributed by atoms with Crippen LogP contribution >= 0.6 is 11.3 Å². The minimum atomic E-state index is -0.741. The number of benzene rings is 1. The average molecular weight is 455 g/mol. The SMILES string of the molecule is C[C@H]1C(O)C(C#N)=C[C@@]2(C)c3c(c(-c4ccncn4)nn3-c3nc4ccccc4s3)CC[C@H]12. The van der Waals surface area contributed by atoms with Crippen LogP contribution in [0.5, 0.6) is 0 Å². The van der Waals surface area contributed by atoms with Crippen molar-refractivity contribution in [3.05, 3.63) is 65.8 Å². The molecule has 0 saturated heterocycles. The Morgan fingerprint density at radius 1 is 1.27 bits per heavy atom. The quantitative estimate of drug-likeness (QED) is 0.487. The van der Waals surface area contributed by atoms with E-state index in [2.05, 4.69) is 29.0 Å². The summed E-state index contributed by atoms with van der Waals surface area (Å²) in [6, 6.07) is 12.2. The van der Waals surface area contributed by atoms with Gasteiger partial charge >= 0.3 is 0 Å². The molecule has 8 heteroatoms. The zero-order chi connectivity index (χ0) is 22.7. The van der Waals surface area contributed by atoms with E-state index in [-0.39, 0.29) is 11.8 Å². The van der Waals surface area contributed by atoms with Crippen molar-refractivity contribution in [2.24, 2.45) is 11.8 Å².